The lowest BCUT2D eigenvalue weighted by atomic mass is 10.0. The van der Waals surface area contributed by atoms with Gasteiger partial charge >= 0.3 is 5.97 Å². The van der Waals surface area contributed by atoms with Crippen molar-refractivity contribution in [2.45, 2.75) is 46.0 Å². The van der Waals surface area contributed by atoms with Crippen molar-refractivity contribution < 1.29 is 19.4 Å². The summed E-state index contributed by atoms with van der Waals surface area (Å²) in [7, 11) is 0. The van der Waals surface area contributed by atoms with E-state index in [0.29, 0.717) is 17.9 Å². The minimum Gasteiger partial charge on any atom is -0.491 e. The van der Waals surface area contributed by atoms with Gasteiger partial charge in [-0.05, 0) is 55.0 Å². The Morgan fingerprint density at radius 2 is 1.79 bits per heavy atom. The molecule has 0 radical (unpaired) electrons. The van der Waals surface area contributed by atoms with Gasteiger partial charge in [0.1, 0.15) is 5.75 Å². The number of para-hydroxylation sites is 2. The molecular formula is C24H29NO4. The number of carbonyl (C=O) groups is 2. The maximum absolute atomic E-state index is 12.5. The highest BCUT2D eigenvalue weighted by Crippen LogP contribution is 2.24. The van der Waals surface area contributed by atoms with Gasteiger partial charge in [0.15, 0.2) is 0 Å². The highest BCUT2D eigenvalue weighted by Gasteiger charge is 2.07. The number of hydrogen-bond donors (Lipinski definition) is 2. The fourth-order valence-corrected chi connectivity index (χ4v) is 2.87. The molecule has 0 spiro atoms. The van der Waals surface area contributed by atoms with E-state index < -0.39 is 5.97 Å². The van der Waals surface area contributed by atoms with E-state index >= 15 is 0 Å². The number of carbonyl (C=O) groups excluding carboxylic acids is 1. The second kappa shape index (κ2) is 11.7. The number of anilines is 1. The first-order valence-corrected chi connectivity index (χ1v) is 10.0. The molecule has 5 heteroatoms. The summed E-state index contributed by atoms with van der Waals surface area (Å²) in [6.45, 7) is 4.37. The molecule has 0 saturated carbocycles. The lowest BCUT2D eigenvalue weighted by Crippen LogP contribution is -2.11. The number of carboxylic acids is 1. The highest BCUT2D eigenvalue weighted by atomic mass is 16.5. The van der Waals surface area contributed by atoms with E-state index in [1.807, 2.05) is 31.2 Å². The minimum atomic E-state index is -0.853. The molecule has 2 aromatic carbocycles. The zero-order valence-corrected chi connectivity index (χ0v) is 17.1. The van der Waals surface area contributed by atoms with Crippen LogP contribution in [-0.2, 0) is 16.0 Å². The van der Waals surface area contributed by atoms with Gasteiger partial charge in [-0.25, -0.2) is 0 Å². The number of ether oxygens (including phenoxy) is 1. The maximum atomic E-state index is 12.5. The van der Waals surface area contributed by atoms with E-state index in [2.05, 4.69) is 24.4 Å². The molecule has 154 valence electrons. The average Bonchev–Trinajstić information content (AvgIpc) is 2.71. The van der Waals surface area contributed by atoms with E-state index in [0.717, 1.165) is 17.6 Å². The van der Waals surface area contributed by atoms with Gasteiger partial charge in [-0.3, -0.25) is 9.59 Å². The van der Waals surface area contributed by atoms with Crippen molar-refractivity contribution in [2.24, 2.45) is 0 Å². The Balaban J connectivity index is 1.98. The number of benzene rings is 2. The SMILES string of the molecule is CCCCc1ccc(C(C)=CC(=O)Nc2ccccc2OCCCC(=O)O)cc1. The first kappa shape index (κ1) is 22.2. The molecule has 0 aromatic heterocycles. The van der Waals surface area contributed by atoms with E-state index in [9.17, 15) is 9.59 Å². The molecule has 0 saturated heterocycles. The molecule has 0 unspecified atom stereocenters. The van der Waals surface area contributed by atoms with Crippen molar-refractivity contribution in [3.8, 4) is 5.75 Å². The standard InChI is InChI=1S/C24H29NO4/c1-3-4-8-19-12-14-20(15-13-19)18(2)17-23(26)25-21-9-5-6-10-22(21)29-16-7-11-24(27)28/h5-6,9-10,12-15,17H,3-4,7-8,11,16H2,1-2H3,(H,25,26)(H,27,28). The predicted molar refractivity (Wildman–Crippen MR) is 116 cm³/mol. The number of aryl methyl sites for hydroxylation is 1. The van der Waals surface area contributed by atoms with Crippen LogP contribution in [-0.4, -0.2) is 23.6 Å². The van der Waals surface area contributed by atoms with Crippen LogP contribution in [0.2, 0.25) is 0 Å². The van der Waals surface area contributed by atoms with Crippen molar-refractivity contribution in [1.29, 1.82) is 0 Å². The molecule has 1 amide bonds. The number of hydrogen-bond acceptors (Lipinski definition) is 3. The molecule has 29 heavy (non-hydrogen) atoms. The lowest BCUT2D eigenvalue weighted by Gasteiger charge is -2.11. The normalized spacial score (nSPS) is 11.2. The highest BCUT2D eigenvalue weighted by molar-refractivity contribution is 6.04. The molecule has 0 heterocycles. The van der Waals surface area contributed by atoms with Crippen LogP contribution in [0, 0.1) is 0 Å². The molecule has 2 aromatic rings. The third-order valence-corrected chi connectivity index (χ3v) is 4.51. The van der Waals surface area contributed by atoms with Crippen LogP contribution < -0.4 is 10.1 Å². The monoisotopic (exact) mass is 395 g/mol. The maximum Gasteiger partial charge on any atom is 0.303 e. The van der Waals surface area contributed by atoms with Gasteiger partial charge in [-0.2, -0.15) is 0 Å². The van der Waals surface area contributed by atoms with Crippen molar-refractivity contribution >= 4 is 23.1 Å². The van der Waals surface area contributed by atoms with Crippen LogP contribution in [0.5, 0.6) is 5.75 Å². The molecule has 0 aliphatic heterocycles. The van der Waals surface area contributed by atoms with Crippen LogP contribution in [0.3, 0.4) is 0 Å². The topological polar surface area (TPSA) is 75.6 Å². The Morgan fingerprint density at radius 1 is 1.07 bits per heavy atom. The van der Waals surface area contributed by atoms with E-state index in [-0.39, 0.29) is 18.9 Å². The number of amides is 1. The second-order valence-corrected chi connectivity index (χ2v) is 6.96. The molecular weight excluding hydrogens is 366 g/mol. The fraction of sp³-hybridized carbons (Fsp3) is 0.333. The largest absolute Gasteiger partial charge is 0.491 e. The quantitative estimate of drug-likeness (QED) is 0.399. The zero-order valence-electron chi connectivity index (χ0n) is 17.1. The summed E-state index contributed by atoms with van der Waals surface area (Å²) in [6.07, 6.45) is 5.45. The molecule has 0 aliphatic carbocycles. The summed E-state index contributed by atoms with van der Waals surface area (Å²) in [5.74, 6) is -0.564. The average molecular weight is 395 g/mol. The molecule has 0 aliphatic rings. The third kappa shape index (κ3) is 7.82. The number of carboxylic acid groups (broad SMARTS) is 1. The van der Waals surface area contributed by atoms with Gasteiger partial charge < -0.3 is 15.2 Å². The first-order chi connectivity index (χ1) is 14.0. The van der Waals surface area contributed by atoms with Gasteiger partial charge in [-0.1, -0.05) is 49.7 Å². The van der Waals surface area contributed by atoms with Gasteiger partial charge in [0, 0.05) is 12.5 Å². The summed E-state index contributed by atoms with van der Waals surface area (Å²) in [5, 5.41) is 11.5. The van der Waals surface area contributed by atoms with Gasteiger partial charge in [0.2, 0.25) is 5.91 Å². The summed E-state index contributed by atoms with van der Waals surface area (Å²) in [5.41, 5.74) is 3.76. The van der Waals surface area contributed by atoms with Crippen molar-refractivity contribution in [3.05, 3.63) is 65.7 Å². The Hall–Kier alpha value is -3.08. The predicted octanol–water partition coefficient (Wildman–Crippen LogP) is 5.31. The summed E-state index contributed by atoms with van der Waals surface area (Å²) in [6, 6.07) is 15.4. The first-order valence-electron chi connectivity index (χ1n) is 10.0. The Labute approximate surface area is 172 Å². The number of rotatable bonds is 11. The van der Waals surface area contributed by atoms with Gasteiger partial charge in [-0.15, -0.1) is 0 Å². The molecule has 0 bridgehead atoms. The van der Waals surface area contributed by atoms with Crippen LogP contribution in [0.1, 0.15) is 50.7 Å². The van der Waals surface area contributed by atoms with Crippen molar-refractivity contribution in [3.63, 3.8) is 0 Å². The van der Waals surface area contributed by atoms with Crippen molar-refractivity contribution in [2.75, 3.05) is 11.9 Å². The van der Waals surface area contributed by atoms with Crippen LogP contribution in [0.4, 0.5) is 5.69 Å². The molecule has 2 rings (SSSR count). The van der Waals surface area contributed by atoms with Crippen molar-refractivity contribution in [1.82, 2.24) is 0 Å². The van der Waals surface area contributed by atoms with Gasteiger partial charge in [0.25, 0.3) is 0 Å². The van der Waals surface area contributed by atoms with E-state index in [1.54, 1.807) is 18.2 Å². The zero-order chi connectivity index (χ0) is 21.1. The van der Waals surface area contributed by atoms with E-state index in [4.69, 9.17) is 9.84 Å². The van der Waals surface area contributed by atoms with Crippen LogP contribution in [0.15, 0.2) is 54.6 Å². The van der Waals surface area contributed by atoms with Gasteiger partial charge in [0.05, 0.1) is 12.3 Å². The number of unbranched alkanes of at least 4 members (excludes halogenated alkanes) is 1. The molecule has 2 N–H and O–H groups in total. The third-order valence-electron chi connectivity index (χ3n) is 4.51. The summed E-state index contributed by atoms with van der Waals surface area (Å²) < 4.78 is 5.62. The Morgan fingerprint density at radius 3 is 2.48 bits per heavy atom. The number of aliphatic carboxylic acids is 1. The molecule has 0 fully saturated rings. The molecule has 5 nitrogen and oxygen atoms in total. The summed E-state index contributed by atoms with van der Waals surface area (Å²) in [4.78, 5) is 23.0. The number of allylic oxidation sites excluding steroid dienone is 1. The summed E-state index contributed by atoms with van der Waals surface area (Å²) >= 11 is 0. The fourth-order valence-electron chi connectivity index (χ4n) is 2.87. The van der Waals surface area contributed by atoms with Crippen LogP contribution in [0.25, 0.3) is 5.57 Å². The second-order valence-electron chi connectivity index (χ2n) is 6.96. The van der Waals surface area contributed by atoms with Crippen LogP contribution >= 0.6 is 0 Å². The number of nitrogens with one attached hydrogen (secondary N) is 1. The minimum absolute atomic E-state index is 0.0493. The van der Waals surface area contributed by atoms with E-state index in [1.165, 1.54) is 18.4 Å². The molecule has 0 atom stereocenters. The lowest BCUT2D eigenvalue weighted by molar-refractivity contribution is -0.137. The Bertz CT molecular complexity index is 840. The smallest absolute Gasteiger partial charge is 0.303 e. The Kier molecular flexibility index (Phi) is 8.96.